The molecule has 0 saturated heterocycles. The second-order valence-electron chi connectivity index (χ2n) is 2.60. The molecule has 0 aliphatic rings. The summed E-state index contributed by atoms with van der Waals surface area (Å²) in [6.45, 7) is 0.543. The average Bonchev–Trinajstić information content (AvgIpc) is 2.61. The van der Waals surface area contributed by atoms with Crippen molar-refractivity contribution < 1.29 is 5.11 Å². The summed E-state index contributed by atoms with van der Waals surface area (Å²) in [5.74, 6) is 2.18. The second-order valence-corrected chi connectivity index (χ2v) is 4.65. The number of tetrazole rings is 1. The van der Waals surface area contributed by atoms with Crippen LogP contribution in [-0.2, 0) is 6.54 Å². The molecule has 7 heteroatoms. The van der Waals surface area contributed by atoms with Crippen molar-refractivity contribution in [1.82, 2.24) is 20.2 Å². The highest BCUT2D eigenvalue weighted by molar-refractivity contribution is 7.99. The summed E-state index contributed by atoms with van der Waals surface area (Å²) in [5.41, 5.74) is 0. The fourth-order valence-electron chi connectivity index (χ4n) is 0.902. The molecule has 5 nitrogen and oxygen atoms in total. The minimum Gasteiger partial charge on any atom is -0.394 e. The Bertz CT molecular complexity index is 256. The van der Waals surface area contributed by atoms with Crippen molar-refractivity contribution in [2.24, 2.45) is 0 Å². The summed E-state index contributed by atoms with van der Waals surface area (Å²) in [7, 11) is 0. The zero-order valence-electron chi connectivity index (χ0n) is 8.09. The topological polar surface area (TPSA) is 63.8 Å². The molecule has 0 aliphatic carbocycles. The van der Waals surface area contributed by atoms with Crippen molar-refractivity contribution in [3.05, 3.63) is 0 Å². The number of aliphatic hydroxyl groups is 1. The van der Waals surface area contributed by atoms with Crippen LogP contribution in [0.4, 0.5) is 0 Å². The Morgan fingerprint density at radius 3 is 3.00 bits per heavy atom. The largest absolute Gasteiger partial charge is 0.394 e. The number of nitrogens with zero attached hydrogens (tertiary/aromatic N) is 4. The first-order valence-corrected chi connectivity index (χ1v) is 6.75. The van der Waals surface area contributed by atoms with E-state index in [4.69, 9.17) is 5.11 Å². The molecule has 1 N–H and O–H groups in total. The number of hydrogen-bond donors (Lipinski definition) is 1. The number of aliphatic hydroxyl groups excluding tert-OH is 1. The van der Waals surface area contributed by atoms with Gasteiger partial charge in [-0.15, -0.1) is 5.10 Å². The standard InChI is InChI=1S/C7H14N4OS2/c1-13-5-2-6-14-7-8-9-10-11(7)3-4-12/h12H,2-6H2,1H3. The van der Waals surface area contributed by atoms with Gasteiger partial charge in [0, 0.05) is 5.75 Å². The monoisotopic (exact) mass is 234 g/mol. The molecule has 0 spiro atoms. The number of hydrogen-bond acceptors (Lipinski definition) is 6. The van der Waals surface area contributed by atoms with Crippen LogP contribution in [0.5, 0.6) is 0 Å². The minimum absolute atomic E-state index is 0.0728. The highest BCUT2D eigenvalue weighted by atomic mass is 32.2. The van der Waals surface area contributed by atoms with E-state index in [1.54, 1.807) is 16.4 Å². The molecule has 0 radical (unpaired) electrons. The Kier molecular flexibility index (Phi) is 5.97. The molecule has 0 saturated carbocycles. The van der Waals surface area contributed by atoms with E-state index in [2.05, 4.69) is 21.8 Å². The van der Waals surface area contributed by atoms with Gasteiger partial charge >= 0.3 is 0 Å². The van der Waals surface area contributed by atoms with E-state index in [1.165, 1.54) is 0 Å². The molecule has 1 aromatic heterocycles. The molecule has 0 amide bonds. The third kappa shape index (κ3) is 3.85. The molecule has 0 fully saturated rings. The van der Waals surface area contributed by atoms with E-state index in [9.17, 15) is 0 Å². The van der Waals surface area contributed by atoms with Gasteiger partial charge in [-0.05, 0) is 28.9 Å². The maximum absolute atomic E-state index is 8.74. The lowest BCUT2D eigenvalue weighted by atomic mass is 10.6. The Balaban J connectivity index is 2.30. The molecule has 1 aromatic rings. The molecule has 1 rings (SSSR count). The summed E-state index contributed by atoms with van der Waals surface area (Å²) >= 11 is 3.48. The smallest absolute Gasteiger partial charge is 0.209 e. The van der Waals surface area contributed by atoms with E-state index >= 15 is 0 Å². The summed E-state index contributed by atoms with van der Waals surface area (Å²) in [6.07, 6.45) is 3.25. The van der Waals surface area contributed by atoms with Gasteiger partial charge in [-0.1, -0.05) is 11.8 Å². The van der Waals surface area contributed by atoms with E-state index in [0.717, 1.165) is 23.1 Å². The number of aromatic nitrogens is 4. The molecule has 0 atom stereocenters. The zero-order valence-corrected chi connectivity index (χ0v) is 9.72. The van der Waals surface area contributed by atoms with Crippen LogP contribution >= 0.6 is 23.5 Å². The summed E-state index contributed by atoms with van der Waals surface area (Å²) in [6, 6.07) is 0. The van der Waals surface area contributed by atoms with E-state index in [1.807, 2.05) is 11.8 Å². The SMILES string of the molecule is CSCCCSc1nnnn1CCO. The Morgan fingerprint density at radius 2 is 2.29 bits per heavy atom. The molecule has 80 valence electrons. The predicted octanol–water partition coefficient (Wildman–Crippen LogP) is 0.511. The Morgan fingerprint density at radius 1 is 1.43 bits per heavy atom. The van der Waals surface area contributed by atoms with Crippen molar-refractivity contribution in [2.45, 2.75) is 18.1 Å². The van der Waals surface area contributed by atoms with Crippen LogP contribution in [0.15, 0.2) is 5.16 Å². The lowest BCUT2D eigenvalue weighted by molar-refractivity contribution is 0.262. The first-order chi connectivity index (χ1) is 6.88. The van der Waals surface area contributed by atoms with Crippen LogP contribution in [-0.4, -0.2) is 49.7 Å². The molecule has 0 aliphatic heterocycles. The van der Waals surface area contributed by atoms with Gasteiger partial charge in [0.15, 0.2) is 0 Å². The van der Waals surface area contributed by atoms with Crippen LogP contribution in [0.2, 0.25) is 0 Å². The minimum atomic E-state index is 0.0728. The van der Waals surface area contributed by atoms with Gasteiger partial charge in [-0.2, -0.15) is 11.8 Å². The summed E-state index contributed by atoms with van der Waals surface area (Å²) in [5, 5.41) is 20.8. The molecular formula is C7H14N4OS2. The van der Waals surface area contributed by atoms with Gasteiger partial charge in [0.2, 0.25) is 5.16 Å². The summed E-state index contributed by atoms with van der Waals surface area (Å²) < 4.78 is 1.63. The fourth-order valence-corrected chi connectivity index (χ4v) is 2.36. The molecule has 0 aromatic carbocycles. The van der Waals surface area contributed by atoms with Crippen LogP contribution < -0.4 is 0 Å². The number of rotatable bonds is 7. The van der Waals surface area contributed by atoms with E-state index < -0.39 is 0 Å². The van der Waals surface area contributed by atoms with E-state index in [0.29, 0.717) is 6.54 Å². The lowest BCUT2D eigenvalue weighted by Gasteiger charge is -2.01. The highest BCUT2D eigenvalue weighted by Crippen LogP contribution is 2.15. The van der Waals surface area contributed by atoms with Crippen molar-refractivity contribution in [2.75, 3.05) is 24.4 Å². The highest BCUT2D eigenvalue weighted by Gasteiger charge is 2.04. The third-order valence-electron chi connectivity index (χ3n) is 1.53. The average molecular weight is 234 g/mol. The van der Waals surface area contributed by atoms with Crippen LogP contribution in [0.25, 0.3) is 0 Å². The van der Waals surface area contributed by atoms with Gasteiger partial charge in [0.05, 0.1) is 13.2 Å². The van der Waals surface area contributed by atoms with Crippen molar-refractivity contribution >= 4 is 23.5 Å². The fraction of sp³-hybridized carbons (Fsp3) is 0.857. The Hall–Kier alpha value is -0.270. The van der Waals surface area contributed by atoms with Gasteiger partial charge in [-0.3, -0.25) is 0 Å². The molecule has 14 heavy (non-hydrogen) atoms. The summed E-state index contributed by atoms with van der Waals surface area (Å²) in [4.78, 5) is 0. The van der Waals surface area contributed by atoms with Gasteiger partial charge in [0.25, 0.3) is 0 Å². The second kappa shape index (κ2) is 7.08. The van der Waals surface area contributed by atoms with Crippen molar-refractivity contribution in [3.8, 4) is 0 Å². The van der Waals surface area contributed by atoms with Crippen LogP contribution in [0.1, 0.15) is 6.42 Å². The maximum atomic E-state index is 8.74. The molecule has 0 unspecified atom stereocenters. The normalized spacial score (nSPS) is 10.7. The van der Waals surface area contributed by atoms with Crippen molar-refractivity contribution in [3.63, 3.8) is 0 Å². The molecular weight excluding hydrogens is 220 g/mol. The van der Waals surface area contributed by atoms with Crippen LogP contribution in [0.3, 0.4) is 0 Å². The van der Waals surface area contributed by atoms with Gasteiger partial charge in [-0.25, -0.2) is 4.68 Å². The lowest BCUT2D eigenvalue weighted by Crippen LogP contribution is -2.05. The third-order valence-corrected chi connectivity index (χ3v) is 3.28. The van der Waals surface area contributed by atoms with Crippen molar-refractivity contribution in [1.29, 1.82) is 0 Å². The molecule has 0 bridgehead atoms. The first-order valence-electron chi connectivity index (χ1n) is 4.37. The van der Waals surface area contributed by atoms with E-state index in [-0.39, 0.29) is 6.61 Å². The van der Waals surface area contributed by atoms with Gasteiger partial charge in [0.1, 0.15) is 0 Å². The predicted molar refractivity (Wildman–Crippen MR) is 58.6 cm³/mol. The van der Waals surface area contributed by atoms with Crippen LogP contribution in [0, 0.1) is 0 Å². The van der Waals surface area contributed by atoms with Gasteiger partial charge < -0.3 is 5.11 Å². The maximum Gasteiger partial charge on any atom is 0.209 e. The quantitative estimate of drug-likeness (QED) is 0.548. The zero-order chi connectivity index (χ0) is 10.2. The first kappa shape index (κ1) is 11.8. The number of thioether (sulfide) groups is 2. The Labute approximate surface area is 91.6 Å². The molecule has 1 heterocycles.